The van der Waals surface area contributed by atoms with Crippen LogP contribution in [0, 0.1) is 5.92 Å². The van der Waals surface area contributed by atoms with Gasteiger partial charge in [0, 0.05) is 24.4 Å². The highest BCUT2D eigenvalue weighted by Crippen LogP contribution is 2.27. The molecule has 156 valence electrons. The molecule has 1 N–H and O–H groups in total. The molecule has 0 spiro atoms. The van der Waals surface area contributed by atoms with Crippen LogP contribution in [0.25, 0.3) is 16.6 Å². The number of rotatable bonds is 9. The second-order valence-corrected chi connectivity index (χ2v) is 8.18. The Morgan fingerprint density at radius 2 is 2.00 bits per heavy atom. The zero-order valence-corrected chi connectivity index (χ0v) is 17.9. The topological polar surface area (TPSA) is 73.2 Å². The lowest BCUT2D eigenvalue weighted by Gasteiger charge is -2.07. The third kappa shape index (κ3) is 6.42. The molecule has 1 amide bonds. The van der Waals surface area contributed by atoms with E-state index >= 15 is 0 Å². The summed E-state index contributed by atoms with van der Waals surface area (Å²) in [5.74, 6) is -0.532. The number of aromatic nitrogens is 2. The van der Waals surface area contributed by atoms with Crippen molar-refractivity contribution in [1.29, 1.82) is 0 Å². The van der Waals surface area contributed by atoms with Gasteiger partial charge in [-0.25, -0.2) is 4.79 Å². The van der Waals surface area contributed by atoms with Crippen molar-refractivity contribution in [2.75, 3.05) is 13.2 Å². The number of amides is 1. The molecule has 6 nitrogen and oxygen atoms in total. The van der Waals surface area contributed by atoms with E-state index in [0.717, 1.165) is 21.7 Å². The third-order valence-corrected chi connectivity index (χ3v) is 5.06. The first kappa shape index (κ1) is 21.5. The van der Waals surface area contributed by atoms with Crippen LogP contribution in [0.2, 0.25) is 0 Å². The third-order valence-electron chi connectivity index (χ3n) is 4.18. The van der Waals surface area contributed by atoms with Crippen LogP contribution in [0.4, 0.5) is 0 Å². The molecule has 0 unspecified atom stereocenters. The minimum absolute atomic E-state index is 0.291. The van der Waals surface area contributed by atoms with E-state index in [4.69, 9.17) is 9.84 Å². The first-order valence-corrected chi connectivity index (χ1v) is 10.7. The number of thiophene rings is 1. The van der Waals surface area contributed by atoms with E-state index in [1.165, 1.54) is 6.08 Å². The molecular formula is C23H25N3O3S. The van der Waals surface area contributed by atoms with Crippen molar-refractivity contribution in [2.24, 2.45) is 5.92 Å². The summed E-state index contributed by atoms with van der Waals surface area (Å²) in [7, 11) is 0. The molecule has 2 heterocycles. The van der Waals surface area contributed by atoms with Crippen LogP contribution >= 0.6 is 11.3 Å². The number of benzene rings is 1. The van der Waals surface area contributed by atoms with Crippen molar-refractivity contribution < 1.29 is 14.3 Å². The predicted molar refractivity (Wildman–Crippen MR) is 119 cm³/mol. The van der Waals surface area contributed by atoms with Gasteiger partial charge in [0.05, 0.1) is 11.4 Å². The predicted octanol–water partition coefficient (Wildman–Crippen LogP) is 3.99. The molecule has 0 atom stereocenters. The fourth-order valence-corrected chi connectivity index (χ4v) is 3.46. The average Bonchev–Trinajstić information content (AvgIpc) is 3.39. The van der Waals surface area contributed by atoms with Crippen LogP contribution in [-0.2, 0) is 20.9 Å². The summed E-state index contributed by atoms with van der Waals surface area (Å²) in [6, 6.07) is 14.0. The molecule has 2 aromatic heterocycles. The van der Waals surface area contributed by atoms with Gasteiger partial charge in [0.15, 0.2) is 6.61 Å². The Labute approximate surface area is 180 Å². The molecule has 3 rings (SSSR count). The summed E-state index contributed by atoms with van der Waals surface area (Å²) in [5, 5.41) is 9.40. The minimum atomic E-state index is -0.567. The number of ether oxygens (including phenoxy) is 1. The van der Waals surface area contributed by atoms with Gasteiger partial charge in [0.25, 0.3) is 5.91 Å². The van der Waals surface area contributed by atoms with E-state index in [0.29, 0.717) is 19.0 Å². The lowest BCUT2D eigenvalue weighted by atomic mass is 10.2. The number of hydrogen-bond acceptors (Lipinski definition) is 5. The number of hydrogen-bond donors (Lipinski definition) is 1. The van der Waals surface area contributed by atoms with E-state index < -0.39 is 5.97 Å². The van der Waals surface area contributed by atoms with Crippen molar-refractivity contribution >= 4 is 29.3 Å². The van der Waals surface area contributed by atoms with E-state index in [1.54, 1.807) is 17.4 Å². The molecule has 3 aromatic rings. The van der Waals surface area contributed by atoms with Crippen LogP contribution in [0.1, 0.15) is 25.0 Å². The van der Waals surface area contributed by atoms with Gasteiger partial charge in [-0.3, -0.25) is 9.48 Å². The fourth-order valence-electron chi connectivity index (χ4n) is 2.73. The molecule has 0 aliphatic carbocycles. The van der Waals surface area contributed by atoms with Crippen LogP contribution in [-0.4, -0.2) is 34.8 Å². The van der Waals surface area contributed by atoms with Gasteiger partial charge in [-0.1, -0.05) is 50.2 Å². The molecule has 1 aromatic carbocycles. The summed E-state index contributed by atoms with van der Waals surface area (Å²) >= 11 is 1.59. The molecule has 30 heavy (non-hydrogen) atoms. The number of nitrogens with one attached hydrogen (secondary N) is 1. The molecule has 0 radical (unpaired) electrons. The molecule has 0 aliphatic rings. The van der Waals surface area contributed by atoms with Crippen molar-refractivity contribution in [3.63, 3.8) is 0 Å². The van der Waals surface area contributed by atoms with Gasteiger partial charge in [-0.2, -0.15) is 5.10 Å². The summed E-state index contributed by atoms with van der Waals surface area (Å²) in [4.78, 5) is 24.7. The maximum atomic E-state index is 12.0. The summed E-state index contributed by atoms with van der Waals surface area (Å²) in [6.45, 7) is 4.89. The Bertz CT molecular complexity index is 992. The van der Waals surface area contributed by atoms with Gasteiger partial charge < -0.3 is 10.1 Å². The Morgan fingerprint density at radius 1 is 1.20 bits per heavy atom. The Morgan fingerprint density at radius 3 is 2.70 bits per heavy atom. The second kappa shape index (κ2) is 10.5. The van der Waals surface area contributed by atoms with Crippen molar-refractivity contribution in [2.45, 2.75) is 20.4 Å². The zero-order chi connectivity index (χ0) is 21.3. The largest absolute Gasteiger partial charge is 0.452 e. The maximum Gasteiger partial charge on any atom is 0.331 e. The van der Waals surface area contributed by atoms with Crippen molar-refractivity contribution in [3.05, 3.63) is 71.2 Å². The number of carbonyl (C=O) groups excluding carboxylic acids is 2. The van der Waals surface area contributed by atoms with E-state index in [9.17, 15) is 9.59 Å². The molecule has 0 bridgehead atoms. The lowest BCUT2D eigenvalue weighted by molar-refractivity contribution is -0.143. The second-order valence-electron chi connectivity index (χ2n) is 7.23. The standard InChI is InChI=1S/C23H25N3O3S/c1-17(2)13-24-21(27)16-29-22(28)11-10-19-15-26(14-18-7-4-3-5-8-18)25-23(19)20-9-6-12-30-20/h3-12,15,17H,13-14,16H2,1-2H3,(H,24,27)/b11-10+. The maximum absolute atomic E-state index is 12.0. The normalized spacial score (nSPS) is 11.2. The van der Waals surface area contributed by atoms with Crippen molar-refractivity contribution in [3.8, 4) is 10.6 Å². The molecule has 7 heteroatoms. The van der Waals surface area contributed by atoms with E-state index in [1.807, 2.05) is 72.6 Å². The molecule has 0 saturated carbocycles. The Kier molecular flexibility index (Phi) is 7.57. The first-order valence-electron chi connectivity index (χ1n) is 9.78. The monoisotopic (exact) mass is 423 g/mol. The van der Waals surface area contributed by atoms with Crippen LogP contribution in [0.5, 0.6) is 0 Å². The molecule has 0 fully saturated rings. The van der Waals surface area contributed by atoms with E-state index in [2.05, 4.69) is 5.32 Å². The van der Waals surface area contributed by atoms with Gasteiger partial charge in [0.2, 0.25) is 0 Å². The van der Waals surface area contributed by atoms with Gasteiger partial charge >= 0.3 is 5.97 Å². The highest BCUT2D eigenvalue weighted by Gasteiger charge is 2.12. The van der Waals surface area contributed by atoms with Gasteiger partial charge in [-0.15, -0.1) is 11.3 Å². The van der Waals surface area contributed by atoms with Crippen molar-refractivity contribution in [1.82, 2.24) is 15.1 Å². The SMILES string of the molecule is CC(C)CNC(=O)COC(=O)/C=C/c1cn(Cc2ccccc2)nc1-c1cccs1. The van der Waals surface area contributed by atoms with Crippen LogP contribution in [0.3, 0.4) is 0 Å². The highest BCUT2D eigenvalue weighted by molar-refractivity contribution is 7.13. The minimum Gasteiger partial charge on any atom is -0.452 e. The Hall–Kier alpha value is -3.19. The number of carbonyl (C=O) groups is 2. The lowest BCUT2D eigenvalue weighted by Crippen LogP contribution is -2.31. The van der Waals surface area contributed by atoms with Gasteiger partial charge in [-0.05, 0) is 29.0 Å². The summed E-state index contributed by atoms with van der Waals surface area (Å²) in [6.07, 6.45) is 4.91. The molecular weight excluding hydrogens is 398 g/mol. The van der Waals surface area contributed by atoms with Gasteiger partial charge in [0.1, 0.15) is 5.69 Å². The smallest absolute Gasteiger partial charge is 0.331 e. The zero-order valence-electron chi connectivity index (χ0n) is 17.1. The van der Waals surface area contributed by atoms with Crippen LogP contribution < -0.4 is 5.32 Å². The van der Waals surface area contributed by atoms with E-state index in [-0.39, 0.29) is 12.5 Å². The number of esters is 1. The molecule has 0 aliphatic heterocycles. The Balaban J connectivity index is 1.67. The summed E-state index contributed by atoms with van der Waals surface area (Å²) < 4.78 is 6.88. The number of nitrogens with zero attached hydrogens (tertiary/aromatic N) is 2. The fraction of sp³-hybridized carbons (Fsp3) is 0.261. The highest BCUT2D eigenvalue weighted by atomic mass is 32.1. The van der Waals surface area contributed by atoms with Crippen LogP contribution in [0.15, 0.2) is 60.1 Å². The quantitative estimate of drug-likeness (QED) is 0.417. The summed E-state index contributed by atoms with van der Waals surface area (Å²) in [5.41, 5.74) is 2.76. The average molecular weight is 424 g/mol. The first-order chi connectivity index (χ1) is 14.5. The molecule has 0 saturated heterocycles.